The summed E-state index contributed by atoms with van der Waals surface area (Å²) in [4.78, 5) is 1.57. The minimum absolute atomic E-state index is 0.767. The highest BCUT2D eigenvalue weighted by molar-refractivity contribution is 8.00. The van der Waals surface area contributed by atoms with Crippen LogP contribution in [0.2, 0.25) is 0 Å². The number of hydrogen-bond donors (Lipinski definition) is 0. The van der Waals surface area contributed by atoms with Crippen molar-refractivity contribution in [1.29, 1.82) is 0 Å². The van der Waals surface area contributed by atoms with Crippen LogP contribution in [0, 0.1) is 5.92 Å². The van der Waals surface area contributed by atoms with Gasteiger partial charge in [-0.15, -0.1) is 23.1 Å². The highest BCUT2D eigenvalue weighted by Gasteiger charge is 2.33. The molecule has 0 nitrogen and oxygen atoms in total. The van der Waals surface area contributed by atoms with Gasteiger partial charge in [0.05, 0.1) is 0 Å². The molecule has 0 radical (unpaired) electrons. The molecule has 3 atom stereocenters. The Kier molecular flexibility index (Phi) is 1.99. The average molecular weight is 208 g/mol. The topological polar surface area (TPSA) is 0 Å². The molecular weight excluding hydrogens is 196 g/mol. The molecule has 2 aliphatic heterocycles. The Morgan fingerprint density at radius 2 is 2.23 bits per heavy atom. The van der Waals surface area contributed by atoms with E-state index in [9.17, 15) is 0 Å². The lowest BCUT2D eigenvalue weighted by atomic mass is 9.91. The standard InChI is InChI=1S/C11H12S2/c1-2-10(12-7-1)11-8-3-5-9(13-11)6-4-8/h1-3,5,7-9,11H,4,6H2/t8-,9-,11-/m0/s1. The molecule has 0 saturated carbocycles. The molecule has 3 heterocycles. The van der Waals surface area contributed by atoms with E-state index in [4.69, 9.17) is 0 Å². The summed E-state index contributed by atoms with van der Waals surface area (Å²) in [7, 11) is 0. The zero-order valence-electron chi connectivity index (χ0n) is 7.35. The molecule has 0 amide bonds. The van der Waals surface area contributed by atoms with Crippen LogP contribution < -0.4 is 0 Å². The van der Waals surface area contributed by atoms with Crippen molar-refractivity contribution in [2.75, 3.05) is 0 Å². The van der Waals surface area contributed by atoms with Crippen molar-refractivity contribution < 1.29 is 0 Å². The largest absolute Gasteiger partial charge is 0.148 e. The summed E-state index contributed by atoms with van der Waals surface area (Å²) in [5.41, 5.74) is 0. The lowest BCUT2D eigenvalue weighted by molar-refractivity contribution is 0.513. The number of hydrogen-bond acceptors (Lipinski definition) is 2. The van der Waals surface area contributed by atoms with Crippen molar-refractivity contribution in [2.24, 2.45) is 5.92 Å². The second-order valence-electron chi connectivity index (χ2n) is 3.74. The minimum atomic E-state index is 0.767. The number of thioether (sulfide) groups is 1. The van der Waals surface area contributed by atoms with Crippen LogP contribution in [-0.2, 0) is 0 Å². The summed E-state index contributed by atoms with van der Waals surface area (Å²) in [5.74, 6) is 0.814. The second kappa shape index (κ2) is 3.18. The first-order valence-corrected chi connectivity index (χ1v) is 6.63. The number of allylic oxidation sites excluding steroid dienone is 1. The van der Waals surface area contributed by atoms with E-state index in [1.165, 1.54) is 12.8 Å². The number of rotatable bonds is 1. The van der Waals surface area contributed by atoms with Crippen LogP contribution in [0.3, 0.4) is 0 Å². The maximum absolute atomic E-state index is 2.44. The molecule has 1 aliphatic carbocycles. The normalized spacial score (nSPS) is 36.8. The van der Waals surface area contributed by atoms with Gasteiger partial charge in [0, 0.05) is 15.4 Å². The predicted octanol–water partition coefficient (Wildman–Crippen LogP) is 3.87. The second-order valence-corrected chi connectivity index (χ2v) is 6.10. The van der Waals surface area contributed by atoms with Crippen LogP contribution in [0.15, 0.2) is 29.7 Å². The first kappa shape index (κ1) is 8.13. The van der Waals surface area contributed by atoms with Gasteiger partial charge in [0.2, 0.25) is 0 Å². The number of thiophene rings is 1. The van der Waals surface area contributed by atoms with Crippen molar-refractivity contribution >= 4 is 23.1 Å². The summed E-state index contributed by atoms with van der Waals surface area (Å²) >= 11 is 4.08. The molecule has 68 valence electrons. The lowest BCUT2D eigenvalue weighted by Gasteiger charge is -2.37. The maximum atomic E-state index is 2.44. The molecule has 4 rings (SSSR count). The fourth-order valence-electron chi connectivity index (χ4n) is 2.20. The first-order chi connectivity index (χ1) is 6.43. The highest BCUT2D eigenvalue weighted by Crippen LogP contribution is 2.51. The molecule has 1 aromatic rings. The molecule has 2 heteroatoms. The molecule has 2 bridgehead atoms. The highest BCUT2D eigenvalue weighted by atomic mass is 32.2. The van der Waals surface area contributed by atoms with E-state index in [2.05, 4.69) is 41.4 Å². The van der Waals surface area contributed by atoms with Gasteiger partial charge in [0.1, 0.15) is 0 Å². The van der Waals surface area contributed by atoms with Crippen molar-refractivity contribution in [2.45, 2.75) is 23.3 Å². The van der Waals surface area contributed by atoms with E-state index in [-0.39, 0.29) is 0 Å². The Morgan fingerprint density at radius 1 is 1.23 bits per heavy atom. The summed E-state index contributed by atoms with van der Waals surface area (Å²) in [6.45, 7) is 0. The SMILES string of the molecule is C1=C[C@H]2CC[C@H]1S[C@@H]2c1cccs1. The van der Waals surface area contributed by atoms with Crippen molar-refractivity contribution in [3.63, 3.8) is 0 Å². The van der Waals surface area contributed by atoms with Crippen molar-refractivity contribution in [3.8, 4) is 0 Å². The van der Waals surface area contributed by atoms with Crippen LogP contribution in [0.1, 0.15) is 23.0 Å². The van der Waals surface area contributed by atoms with Gasteiger partial charge < -0.3 is 0 Å². The van der Waals surface area contributed by atoms with Crippen molar-refractivity contribution in [1.82, 2.24) is 0 Å². The third-order valence-corrected chi connectivity index (χ3v) is 5.64. The first-order valence-electron chi connectivity index (χ1n) is 4.81. The van der Waals surface area contributed by atoms with Gasteiger partial charge in [-0.25, -0.2) is 0 Å². The van der Waals surface area contributed by atoms with Gasteiger partial charge >= 0.3 is 0 Å². The lowest BCUT2D eigenvalue weighted by Crippen LogP contribution is -2.23. The van der Waals surface area contributed by atoms with Crippen molar-refractivity contribution in [3.05, 3.63) is 34.5 Å². The van der Waals surface area contributed by atoms with Gasteiger partial charge in [-0.3, -0.25) is 0 Å². The Morgan fingerprint density at radius 3 is 2.77 bits per heavy atom. The van der Waals surface area contributed by atoms with E-state index in [0.717, 1.165) is 16.4 Å². The molecule has 0 N–H and O–H groups in total. The zero-order chi connectivity index (χ0) is 8.67. The summed E-state index contributed by atoms with van der Waals surface area (Å²) in [6.07, 6.45) is 7.64. The smallest absolute Gasteiger partial charge is 0.0459 e. The van der Waals surface area contributed by atoms with Crippen LogP contribution >= 0.6 is 23.1 Å². The van der Waals surface area contributed by atoms with Gasteiger partial charge in [0.15, 0.2) is 0 Å². The Labute approximate surface area is 87.0 Å². The van der Waals surface area contributed by atoms with Crippen LogP contribution in [-0.4, -0.2) is 5.25 Å². The molecule has 0 unspecified atom stereocenters. The average Bonchev–Trinajstić information content (AvgIpc) is 2.72. The van der Waals surface area contributed by atoms with E-state index in [0.29, 0.717) is 0 Å². The van der Waals surface area contributed by atoms with Gasteiger partial charge in [-0.2, -0.15) is 0 Å². The Hall–Kier alpha value is -0.210. The molecule has 1 saturated heterocycles. The van der Waals surface area contributed by atoms with Crippen LogP contribution in [0.5, 0.6) is 0 Å². The van der Waals surface area contributed by atoms with Crippen LogP contribution in [0.25, 0.3) is 0 Å². The summed E-state index contributed by atoms with van der Waals surface area (Å²) in [5, 5.41) is 3.77. The molecule has 13 heavy (non-hydrogen) atoms. The quantitative estimate of drug-likeness (QED) is 0.631. The fourth-order valence-corrected chi connectivity index (χ4v) is 4.79. The molecule has 1 aromatic heterocycles. The Balaban J connectivity index is 1.91. The van der Waals surface area contributed by atoms with Gasteiger partial charge in [-0.05, 0) is 30.2 Å². The van der Waals surface area contributed by atoms with Gasteiger partial charge in [0.25, 0.3) is 0 Å². The monoisotopic (exact) mass is 208 g/mol. The fraction of sp³-hybridized carbons (Fsp3) is 0.455. The van der Waals surface area contributed by atoms with E-state index in [1.807, 2.05) is 11.3 Å². The minimum Gasteiger partial charge on any atom is -0.148 e. The third-order valence-electron chi connectivity index (χ3n) is 2.89. The molecule has 3 aliphatic rings. The molecular formula is C11H12S2. The molecule has 0 spiro atoms. The van der Waals surface area contributed by atoms with E-state index < -0.39 is 0 Å². The van der Waals surface area contributed by atoms with E-state index >= 15 is 0 Å². The Bertz CT molecular complexity index is 313. The molecule has 1 fully saturated rings. The molecule has 0 aromatic carbocycles. The van der Waals surface area contributed by atoms with Crippen LogP contribution in [0.4, 0.5) is 0 Å². The summed E-state index contributed by atoms with van der Waals surface area (Å²) in [6, 6.07) is 4.46. The van der Waals surface area contributed by atoms with E-state index in [1.54, 1.807) is 4.88 Å². The maximum Gasteiger partial charge on any atom is 0.0459 e. The van der Waals surface area contributed by atoms with Gasteiger partial charge in [-0.1, -0.05) is 18.2 Å². The summed E-state index contributed by atoms with van der Waals surface area (Å²) < 4.78 is 0. The zero-order valence-corrected chi connectivity index (χ0v) is 8.98. The third kappa shape index (κ3) is 1.36. The predicted molar refractivity (Wildman–Crippen MR) is 60.3 cm³/mol. The number of fused-ring (bicyclic) bond motifs is 2.